The Morgan fingerprint density at radius 1 is 1.10 bits per heavy atom. The summed E-state index contributed by atoms with van der Waals surface area (Å²) in [6.45, 7) is 7.47. The first-order valence-electron chi connectivity index (χ1n) is 9.34. The van der Waals surface area contributed by atoms with Crippen LogP contribution in [0, 0.1) is 0 Å². The third kappa shape index (κ3) is 10.1. The average molecular weight is 418 g/mol. The van der Waals surface area contributed by atoms with Crippen molar-refractivity contribution in [1.82, 2.24) is 15.6 Å². The molecule has 0 radical (unpaired) electrons. The van der Waals surface area contributed by atoms with Crippen LogP contribution in [0.25, 0.3) is 10.9 Å². The summed E-state index contributed by atoms with van der Waals surface area (Å²) in [7, 11) is 1.60. The van der Waals surface area contributed by atoms with Crippen LogP contribution in [-0.4, -0.2) is 41.7 Å². The summed E-state index contributed by atoms with van der Waals surface area (Å²) < 4.78 is 0. The Kier molecular flexibility index (Phi) is 12.7. The lowest BCUT2D eigenvalue weighted by atomic mass is 10.0. The van der Waals surface area contributed by atoms with Crippen LogP contribution in [0.3, 0.4) is 0 Å². The van der Waals surface area contributed by atoms with Gasteiger partial charge in [0.1, 0.15) is 6.04 Å². The molecule has 9 nitrogen and oxygen atoms in total. The quantitative estimate of drug-likeness (QED) is 0.404. The van der Waals surface area contributed by atoms with Gasteiger partial charge in [-0.25, -0.2) is 0 Å². The first-order valence-corrected chi connectivity index (χ1v) is 9.34. The fourth-order valence-electron chi connectivity index (χ4n) is 2.43. The minimum atomic E-state index is -0.796. The van der Waals surface area contributed by atoms with Gasteiger partial charge in [-0.2, -0.15) is 0 Å². The Morgan fingerprint density at radius 3 is 2.23 bits per heavy atom. The molecule has 0 spiro atoms. The fraction of sp³-hybridized carbons (Fsp3) is 0.333. The predicted molar refractivity (Wildman–Crippen MR) is 117 cm³/mol. The monoisotopic (exact) mass is 417 g/mol. The van der Waals surface area contributed by atoms with Gasteiger partial charge in [0.05, 0.1) is 0 Å². The number of aromatic amines is 1. The molecule has 0 bridgehead atoms. The normalized spacial score (nSPS) is 10.5. The molecule has 1 aromatic heterocycles. The zero-order chi connectivity index (χ0) is 23.1. The Balaban J connectivity index is 0.00000105. The van der Waals surface area contributed by atoms with Gasteiger partial charge >= 0.3 is 0 Å². The maximum Gasteiger partial charge on any atom is 0.240 e. The molecule has 0 aliphatic carbocycles. The molecule has 7 N–H and O–H groups in total. The van der Waals surface area contributed by atoms with E-state index in [4.69, 9.17) is 11.5 Å². The third-order valence-corrected chi connectivity index (χ3v) is 3.96. The molecule has 2 aromatic rings. The van der Waals surface area contributed by atoms with Crippen molar-refractivity contribution in [3.8, 4) is 0 Å². The van der Waals surface area contributed by atoms with E-state index in [2.05, 4.69) is 28.8 Å². The van der Waals surface area contributed by atoms with E-state index in [0.717, 1.165) is 16.5 Å². The number of carbonyl (C=O) groups excluding carboxylic acids is 4. The van der Waals surface area contributed by atoms with Crippen LogP contribution in [-0.2, 0) is 25.6 Å². The van der Waals surface area contributed by atoms with Crippen LogP contribution in [0.2, 0.25) is 0 Å². The van der Waals surface area contributed by atoms with Gasteiger partial charge in [-0.1, -0.05) is 18.2 Å². The van der Waals surface area contributed by atoms with Gasteiger partial charge < -0.3 is 27.1 Å². The molecule has 0 fully saturated rings. The van der Waals surface area contributed by atoms with Crippen molar-refractivity contribution in [2.75, 3.05) is 7.05 Å². The average Bonchev–Trinajstić information content (AvgIpc) is 3.12. The lowest BCUT2D eigenvalue weighted by Gasteiger charge is -2.15. The topological polar surface area (TPSA) is 160 Å². The van der Waals surface area contributed by atoms with E-state index >= 15 is 0 Å². The Labute approximate surface area is 176 Å². The maximum absolute atomic E-state index is 11.9. The van der Waals surface area contributed by atoms with Crippen molar-refractivity contribution in [2.45, 2.75) is 38.6 Å². The van der Waals surface area contributed by atoms with E-state index < -0.39 is 17.9 Å². The van der Waals surface area contributed by atoms with Gasteiger partial charge in [0.2, 0.25) is 23.6 Å². The van der Waals surface area contributed by atoms with E-state index in [1.54, 1.807) is 13.2 Å². The molecule has 0 saturated heterocycles. The number of para-hydroxylation sites is 1. The van der Waals surface area contributed by atoms with E-state index in [9.17, 15) is 19.2 Å². The largest absolute Gasteiger partial charge is 0.370 e. The summed E-state index contributed by atoms with van der Waals surface area (Å²) in [6, 6.07) is 6.89. The highest BCUT2D eigenvalue weighted by molar-refractivity contribution is 5.89. The standard InChI is InChI=1S/C16H20N4O3.C3H7NO.C2H4/c17-14(21)6-3-7-15(22)20-13(16(18)23)8-10-9-19-12-5-2-1-4-11(10)12;1-3(5)4-2;1-2/h1-2,4-5,9,13,19H,3,6-8H2,(H2,17,21)(H2,18,23)(H,20,22);1-2H3,(H,4,5);1-2H2/t13-;;/m0../s1. The number of nitrogens with one attached hydrogen (secondary N) is 3. The maximum atomic E-state index is 11.9. The Bertz CT molecular complexity index is 847. The van der Waals surface area contributed by atoms with Crippen molar-refractivity contribution in [1.29, 1.82) is 0 Å². The molecule has 164 valence electrons. The number of nitrogens with two attached hydrogens (primary N) is 2. The number of primary amides is 2. The Morgan fingerprint density at radius 2 is 1.70 bits per heavy atom. The number of carbonyl (C=O) groups is 4. The molecule has 0 aliphatic rings. The summed E-state index contributed by atoms with van der Waals surface area (Å²) in [6.07, 6.45) is 2.72. The first-order chi connectivity index (χ1) is 14.2. The smallest absolute Gasteiger partial charge is 0.240 e. The number of hydrogen-bond donors (Lipinski definition) is 5. The number of rotatable bonds is 8. The highest BCUT2D eigenvalue weighted by Gasteiger charge is 2.20. The molecular formula is C21H31N5O4. The SMILES string of the molecule is C=C.CNC(C)=O.NC(=O)CCCC(=O)N[C@@H](Cc1c[nH]c2ccccc12)C(N)=O. The second kappa shape index (κ2) is 14.4. The number of amides is 4. The lowest BCUT2D eigenvalue weighted by molar-refractivity contribution is -0.127. The fourth-order valence-corrected chi connectivity index (χ4v) is 2.43. The van der Waals surface area contributed by atoms with Crippen molar-refractivity contribution in [3.63, 3.8) is 0 Å². The number of aromatic nitrogens is 1. The summed E-state index contributed by atoms with van der Waals surface area (Å²) in [5.74, 6) is -1.37. The van der Waals surface area contributed by atoms with Gasteiger partial charge in [-0.3, -0.25) is 19.2 Å². The van der Waals surface area contributed by atoms with Gasteiger partial charge in [0, 0.05) is 50.3 Å². The second-order valence-corrected chi connectivity index (χ2v) is 6.21. The van der Waals surface area contributed by atoms with Crippen molar-refractivity contribution < 1.29 is 19.2 Å². The number of fused-ring (bicyclic) bond motifs is 1. The van der Waals surface area contributed by atoms with Gasteiger partial charge in [-0.05, 0) is 18.1 Å². The van der Waals surface area contributed by atoms with E-state index in [-0.39, 0.29) is 24.7 Å². The molecule has 9 heteroatoms. The molecule has 30 heavy (non-hydrogen) atoms. The molecule has 1 aromatic carbocycles. The molecule has 1 heterocycles. The number of benzene rings is 1. The van der Waals surface area contributed by atoms with Crippen LogP contribution in [0.15, 0.2) is 43.6 Å². The van der Waals surface area contributed by atoms with Crippen molar-refractivity contribution in [2.24, 2.45) is 11.5 Å². The van der Waals surface area contributed by atoms with E-state index in [0.29, 0.717) is 12.8 Å². The van der Waals surface area contributed by atoms with Gasteiger partial charge in [0.25, 0.3) is 0 Å². The minimum Gasteiger partial charge on any atom is -0.370 e. The first kappa shape index (κ1) is 26.4. The highest BCUT2D eigenvalue weighted by atomic mass is 16.2. The molecule has 0 aliphatic heterocycles. The van der Waals surface area contributed by atoms with Crippen LogP contribution in [0.1, 0.15) is 31.7 Å². The second-order valence-electron chi connectivity index (χ2n) is 6.21. The minimum absolute atomic E-state index is 0.00463. The van der Waals surface area contributed by atoms with Crippen molar-refractivity contribution in [3.05, 3.63) is 49.2 Å². The van der Waals surface area contributed by atoms with E-state index in [1.165, 1.54) is 6.92 Å². The van der Waals surface area contributed by atoms with Gasteiger partial charge in [0.15, 0.2) is 0 Å². The summed E-state index contributed by atoms with van der Waals surface area (Å²) in [5.41, 5.74) is 12.3. The molecule has 0 saturated carbocycles. The highest BCUT2D eigenvalue weighted by Crippen LogP contribution is 2.19. The van der Waals surface area contributed by atoms with Crippen LogP contribution < -0.4 is 22.1 Å². The molecule has 0 unspecified atom stereocenters. The number of H-pyrrole nitrogens is 1. The summed E-state index contributed by atoms with van der Waals surface area (Å²) in [4.78, 5) is 46.9. The lowest BCUT2D eigenvalue weighted by Crippen LogP contribution is -2.45. The van der Waals surface area contributed by atoms with Crippen molar-refractivity contribution >= 4 is 34.5 Å². The van der Waals surface area contributed by atoms with Crippen LogP contribution in [0.5, 0.6) is 0 Å². The Hall–Kier alpha value is -3.62. The molecular weight excluding hydrogens is 386 g/mol. The van der Waals surface area contributed by atoms with Gasteiger partial charge in [-0.15, -0.1) is 13.2 Å². The summed E-state index contributed by atoms with van der Waals surface area (Å²) >= 11 is 0. The third-order valence-electron chi connectivity index (χ3n) is 3.96. The molecule has 4 amide bonds. The van der Waals surface area contributed by atoms with Crippen LogP contribution in [0.4, 0.5) is 0 Å². The molecule has 2 rings (SSSR count). The molecule has 1 atom stereocenters. The zero-order valence-corrected chi connectivity index (χ0v) is 17.5. The van der Waals surface area contributed by atoms with Crippen LogP contribution >= 0.6 is 0 Å². The summed E-state index contributed by atoms with van der Waals surface area (Å²) in [5, 5.41) is 5.99. The van der Waals surface area contributed by atoms with E-state index in [1.807, 2.05) is 24.3 Å². The predicted octanol–water partition coefficient (Wildman–Crippen LogP) is 0.891. The zero-order valence-electron chi connectivity index (χ0n) is 17.5. The number of hydrogen-bond acceptors (Lipinski definition) is 4.